The number of amides is 1. The van der Waals surface area contributed by atoms with Crippen molar-refractivity contribution in [3.8, 4) is 0 Å². The number of anilines is 1. The first kappa shape index (κ1) is 14.8. The van der Waals surface area contributed by atoms with Gasteiger partial charge < -0.3 is 16.0 Å². The summed E-state index contributed by atoms with van der Waals surface area (Å²) in [4.78, 5) is 13.4. The molecule has 4 rings (SSSR count). The van der Waals surface area contributed by atoms with Crippen LogP contribution in [0.15, 0.2) is 35.2 Å². The molecule has 2 aromatic carbocycles. The Balaban J connectivity index is 1.51. The smallest absolute Gasteiger partial charge is 0.239 e. The summed E-state index contributed by atoms with van der Waals surface area (Å²) >= 11 is 1.57. The number of nitrogens with one attached hydrogen (secondary N) is 3. The molecule has 2 aromatic rings. The van der Waals surface area contributed by atoms with Crippen molar-refractivity contribution in [2.75, 3.05) is 11.9 Å². The van der Waals surface area contributed by atoms with Gasteiger partial charge in [-0.05, 0) is 48.4 Å². The van der Waals surface area contributed by atoms with Crippen molar-refractivity contribution in [3.63, 3.8) is 0 Å². The van der Waals surface area contributed by atoms with Gasteiger partial charge in [-0.15, -0.1) is 0 Å². The van der Waals surface area contributed by atoms with Crippen LogP contribution in [0.25, 0.3) is 10.8 Å². The standard InChI is InChI=1S/C17H18FN3OS/c18-11-5-6-12-10(9-11)4-7-13-15(12)23-17(20-13)21-16(22)14-3-1-2-8-19-14/h4-7,9,14,17,19-20H,1-3,8H2,(H,21,22)/t14-,17?/m0/s1. The van der Waals surface area contributed by atoms with Gasteiger partial charge in [-0.3, -0.25) is 4.79 Å². The van der Waals surface area contributed by atoms with E-state index in [1.807, 2.05) is 12.1 Å². The summed E-state index contributed by atoms with van der Waals surface area (Å²) in [5.41, 5.74) is 0.799. The molecule has 0 aliphatic carbocycles. The summed E-state index contributed by atoms with van der Waals surface area (Å²) in [7, 11) is 0. The molecule has 1 saturated heterocycles. The third kappa shape index (κ3) is 2.88. The first-order valence-electron chi connectivity index (χ1n) is 7.90. The van der Waals surface area contributed by atoms with Gasteiger partial charge in [0.25, 0.3) is 0 Å². The number of carbonyl (C=O) groups excluding carboxylic acids is 1. The van der Waals surface area contributed by atoms with Gasteiger partial charge in [-0.2, -0.15) is 0 Å². The SMILES string of the molecule is O=C(NC1Nc2ccc3cc(F)ccc3c2S1)[C@@H]1CCCCN1. The molecular weight excluding hydrogens is 313 g/mol. The molecule has 1 amide bonds. The van der Waals surface area contributed by atoms with Gasteiger partial charge in [0, 0.05) is 4.90 Å². The number of fused-ring (bicyclic) bond motifs is 3. The van der Waals surface area contributed by atoms with Crippen LogP contribution in [0, 0.1) is 5.82 Å². The van der Waals surface area contributed by atoms with E-state index in [4.69, 9.17) is 0 Å². The Morgan fingerprint density at radius 1 is 1.26 bits per heavy atom. The number of thioether (sulfide) groups is 1. The fourth-order valence-electron chi connectivity index (χ4n) is 3.17. The monoisotopic (exact) mass is 331 g/mol. The maximum atomic E-state index is 13.4. The van der Waals surface area contributed by atoms with Gasteiger partial charge in [0.05, 0.1) is 11.7 Å². The number of piperidine rings is 1. The summed E-state index contributed by atoms with van der Waals surface area (Å²) in [6, 6.07) is 8.55. The zero-order valence-electron chi connectivity index (χ0n) is 12.6. The van der Waals surface area contributed by atoms with E-state index in [0.29, 0.717) is 0 Å². The van der Waals surface area contributed by atoms with Crippen molar-refractivity contribution in [1.29, 1.82) is 0 Å². The van der Waals surface area contributed by atoms with Crippen molar-refractivity contribution in [1.82, 2.24) is 10.6 Å². The maximum absolute atomic E-state index is 13.4. The molecule has 23 heavy (non-hydrogen) atoms. The van der Waals surface area contributed by atoms with Crippen LogP contribution < -0.4 is 16.0 Å². The van der Waals surface area contributed by atoms with E-state index in [9.17, 15) is 9.18 Å². The molecule has 1 unspecified atom stereocenters. The predicted octanol–water partition coefficient (Wildman–Crippen LogP) is 3.04. The Labute approximate surface area is 138 Å². The number of carbonyl (C=O) groups is 1. The quantitative estimate of drug-likeness (QED) is 0.792. The first-order chi connectivity index (χ1) is 11.2. The molecule has 2 atom stereocenters. The highest BCUT2D eigenvalue weighted by Crippen LogP contribution is 2.42. The fourth-order valence-corrected chi connectivity index (χ4v) is 4.34. The van der Waals surface area contributed by atoms with Gasteiger partial charge in [-0.25, -0.2) is 4.39 Å². The van der Waals surface area contributed by atoms with E-state index in [2.05, 4.69) is 16.0 Å². The normalized spacial score (nSPS) is 23.3. The third-order valence-corrected chi connectivity index (χ3v) is 5.50. The highest BCUT2D eigenvalue weighted by molar-refractivity contribution is 8.00. The van der Waals surface area contributed by atoms with E-state index in [-0.39, 0.29) is 23.3 Å². The van der Waals surface area contributed by atoms with Crippen LogP contribution in [0.5, 0.6) is 0 Å². The van der Waals surface area contributed by atoms with Crippen LogP contribution in [0.3, 0.4) is 0 Å². The highest BCUT2D eigenvalue weighted by Gasteiger charge is 2.28. The molecule has 3 N–H and O–H groups in total. The Morgan fingerprint density at radius 2 is 2.17 bits per heavy atom. The van der Waals surface area contributed by atoms with Crippen LogP contribution in [0.4, 0.5) is 10.1 Å². The van der Waals surface area contributed by atoms with Gasteiger partial charge in [-0.1, -0.05) is 30.3 Å². The van der Waals surface area contributed by atoms with E-state index < -0.39 is 0 Å². The fraction of sp³-hybridized carbons (Fsp3) is 0.353. The van der Waals surface area contributed by atoms with Gasteiger partial charge >= 0.3 is 0 Å². The van der Waals surface area contributed by atoms with Crippen molar-refractivity contribution in [2.24, 2.45) is 0 Å². The second kappa shape index (κ2) is 6.02. The summed E-state index contributed by atoms with van der Waals surface area (Å²) in [5, 5.41) is 11.5. The van der Waals surface area contributed by atoms with Gasteiger partial charge in [0.1, 0.15) is 5.82 Å². The lowest BCUT2D eigenvalue weighted by atomic mass is 10.0. The van der Waals surface area contributed by atoms with Crippen molar-refractivity contribution in [3.05, 3.63) is 36.1 Å². The summed E-state index contributed by atoms with van der Waals surface area (Å²) in [6.45, 7) is 0.903. The summed E-state index contributed by atoms with van der Waals surface area (Å²) < 4.78 is 13.4. The van der Waals surface area contributed by atoms with E-state index in [1.54, 1.807) is 17.8 Å². The zero-order chi connectivity index (χ0) is 15.8. The molecule has 2 heterocycles. The molecule has 4 nitrogen and oxygen atoms in total. The number of halogens is 1. The van der Waals surface area contributed by atoms with Crippen molar-refractivity contribution < 1.29 is 9.18 Å². The zero-order valence-corrected chi connectivity index (χ0v) is 13.4. The summed E-state index contributed by atoms with van der Waals surface area (Å²) in [6.07, 6.45) is 3.11. The molecule has 2 aliphatic rings. The minimum absolute atomic E-state index is 0.0397. The lowest BCUT2D eigenvalue weighted by Crippen LogP contribution is -2.49. The molecule has 0 aromatic heterocycles. The molecular formula is C17H18FN3OS. The van der Waals surface area contributed by atoms with Gasteiger partial charge in [0.15, 0.2) is 5.50 Å². The maximum Gasteiger partial charge on any atom is 0.239 e. The molecule has 6 heteroatoms. The largest absolute Gasteiger partial charge is 0.356 e. The molecule has 2 aliphatic heterocycles. The van der Waals surface area contributed by atoms with Crippen LogP contribution in [-0.4, -0.2) is 24.0 Å². The van der Waals surface area contributed by atoms with Crippen LogP contribution >= 0.6 is 11.8 Å². The van der Waals surface area contributed by atoms with Crippen LogP contribution in [0.1, 0.15) is 19.3 Å². The number of benzene rings is 2. The Bertz CT molecular complexity index is 761. The van der Waals surface area contributed by atoms with Crippen LogP contribution in [0.2, 0.25) is 0 Å². The van der Waals surface area contributed by atoms with E-state index in [0.717, 1.165) is 47.2 Å². The average Bonchev–Trinajstić information content (AvgIpc) is 2.98. The minimum atomic E-state index is -0.235. The topological polar surface area (TPSA) is 53.2 Å². The Kier molecular flexibility index (Phi) is 3.87. The van der Waals surface area contributed by atoms with E-state index >= 15 is 0 Å². The van der Waals surface area contributed by atoms with Crippen molar-refractivity contribution in [2.45, 2.75) is 35.7 Å². The van der Waals surface area contributed by atoms with Gasteiger partial charge in [0.2, 0.25) is 5.91 Å². The molecule has 0 bridgehead atoms. The molecule has 1 fully saturated rings. The second-order valence-electron chi connectivity index (χ2n) is 5.96. The summed E-state index contributed by atoms with van der Waals surface area (Å²) in [5.74, 6) is -0.195. The number of rotatable bonds is 2. The van der Waals surface area contributed by atoms with E-state index in [1.165, 1.54) is 12.1 Å². The number of hydrogen-bond donors (Lipinski definition) is 3. The minimum Gasteiger partial charge on any atom is -0.356 e. The molecule has 0 radical (unpaired) electrons. The highest BCUT2D eigenvalue weighted by atomic mass is 32.2. The second-order valence-corrected chi connectivity index (χ2v) is 7.08. The average molecular weight is 331 g/mol. The Morgan fingerprint density at radius 3 is 3.00 bits per heavy atom. The number of hydrogen-bond acceptors (Lipinski definition) is 4. The third-order valence-electron chi connectivity index (χ3n) is 4.35. The van der Waals surface area contributed by atoms with Crippen LogP contribution in [-0.2, 0) is 4.79 Å². The molecule has 0 spiro atoms. The molecule has 120 valence electrons. The first-order valence-corrected chi connectivity index (χ1v) is 8.78. The Hall–Kier alpha value is -1.79. The van der Waals surface area contributed by atoms with Crippen molar-refractivity contribution >= 4 is 34.1 Å². The molecule has 0 saturated carbocycles. The predicted molar refractivity (Wildman–Crippen MR) is 91.0 cm³/mol. The lowest BCUT2D eigenvalue weighted by Gasteiger charge is -2.24. The lowest BCUT2D eigenvalue weighted by molar-refractivity contribution is -0.123.